The van der Waals surface area contributed by atoms with Gasteiger partial charge in [0.15, 0.2) is 16.6 Å². The molecular weight excluding hydrogens is 881 g/mol. The number of esters is 2. The van der Waals surface area contributed by atoms with Gasteiger partial charge in [-0.1, -0.05) is 93.9 Å². The average molecular weight is 994 g/mol. The van der Waals surface area contributed by atoms with Crippen LogP contribution in [0.25, 0.3) is 0 Å². The van der Waals surface area contributed by atoms with Gasteiger partial charge in [-0.25, -0.2) is 0 Å². The lowest BCUT2D eigenvalue weighted by molar-refractivity contribution is -0.144. The van der Waals surface area contributed by atoms with E-state index in [1.807, 2.05) is 41.5 Å². The van der Waals surface area contributed by atoms with Gasteiger partial charge in [-0.3, -0.25) is 9.59 Å². The summed E-state index contributed by atoms with van der Waals surface area (Å²) in [6.07, 6.45) is 24.6. The molecule has 4 saturated carbocycles. The molecule has 0 heterocycles. The lowest BCUT2D eigenvalue weighted by atomic mass is 9.60. The molecule has 8 atom stereocenters. The maximum Gasteiger partial charge on any atom is 0.305 e. The third-order valence-corrected chi connectivity index (χ3v) is 28.2. The Morgan fingerprint density at radius 2 is 0.868 bits per heavy atom. The molecular formula is C58H112O8Si2. The average Bonchev–Trinajstić information content (AvgIpc) is 3.73. The van der Waals surface area contributed by atoms with Gasteiger partial charge in [-0.2, -0.15) is 0 Å². The van der Waals surface area contributed by atoms with Crippen LogP contribution in [0.5, 0.6) is 0 Å². The van der Waals surface area contributed by atoms with E-state index in [9.17, 15) is 19.8 Å². The Hall–Kier alpha value is -0.786. The largest absolute Gasteiger partial charge is 0.466 e. The van der Waals surface area contributed by atoms with Gasteiger partial charge < -0.3 is 28.5 Å². The van der Waals surface area contributed by atoms with Gasteiger partial charge in [0.1, 0.15) is 0 Å². The molecule has 0 aromatic carbocycles. The summed E-state index contributed by atoms with van der Waals surface area (Å²) in [5, 5.41) is 21.0. The van der Waals surface area contributed by atoms with Crippen LogP contribution < -0.4 is 0 Å². The maximum atomic E-state index is 12.0. The Kier molecular flexibility index (Phi) is 23.0. The molecule has 0 aromatic rings. The zero-order chi connectivity index (χ0) is 51.6. The number of carbonyl (C=O) groups excluding carboxylic acids is 2. The van der Waals surface area contributed by atoms with Gasteiger partial charge >= 0.3 is 11.9 Å². The molecule has 0 saturated heterocycles. The lowest BCUT2D eigenvalue weighted by Crippen LogP contribution is -2.50. The fraction of sp³-hybridized carbons (Fsp3) is 0.966. The molecule has 0 amide bonds. The number of rotatable bonds is 24. The van der Waals surface area contributed by atoms with Crippen molar-refractivity contribution < 1.29 is 38.1 Å². The third-order valence-electron chi connectivity index (χ3n) is 19.2. The fourth-order valence-electron chi connectivity index (χ4n) is 13.4. The summed E-state index contributed by atoms with van der Waals surface area (Å²) in [5.74, 6) is 3.73. The molecule has 4 rings (SSSR count). The number of hydrogen-bond donors (Lipinski definition) is 2. The van der Waals surface area contributed by atoms with Crippen LogP contribution in [0.15, 0.2) is 0 Å². The normalized spacial score (nSPS) is 28.3. The van der Waals surface area contributed by atoms with Crippen LogP contribution in [0, 0.1) is 46.3 Å². The second-order valence-corrected chi connectivity index (χ2v) is 37.0. The monoisotopic (exact) mass is 993 g/mol. The molecule has 0 aliphatic heterocycles. The van der Waals surface area contributed by atoms with E-state index in [2.05, 4.69) is 81.6 Å². The lowest BCUT2D eigenvalue weighted by Gasteiger charge is -2.50. The van der Waals surface area contributed by atoms with Crippen LogP contribution in [0.3, 0.4) is 0 Å². The molecule has 8 nitrogen and oxygen atoms in total. The van der Waals surface area contributed by atoms with Crippen molar-refractivity contribution in [1.82, 2.24) is 0 Å². The molecule has 2 unspecified atom stereocenters. The molecule has 0 radical (unpaired) electrons. The topological polar surface area (TPSA) is 112 Å². The minimum absolute atomic E-state index is 0.0891. The van der Waals surface area contributed by atoms with E-state index in [4.69, 9.17) is 18.3 Å². The van der Waals surface area contributed by atoms with Gasteiger partial charge in [-0.05, 0) is 214 Å². The van der Waals surface area contributed by atoms with Gasteiger partial charge in [-0.15, -0.1) is 0 Å². The molecule has 68 heavy (non-hydrogen) atoms. The first-order valence-corrected chi connectivity index (χ1v) is 34.1. The molecule has 2 N–H and O–H groups in total. The molecule has 400 valence electrons. The van der Waals surface area contributed by atoms with Crippen molar-refractivity contribution in [2.24, 2.45) is 46.3 Å². The predicted octanol–water partition coefficient (Wildman–Crippen LogP) is 15.8. The van der Waals surface area contributed by atoms with Crippen molar-refractivity contribution >= 4 is 28.6 Å². The summed E-state index contributed by atoms with van der Waals surface area (Å²) < 4.78 is 24.5. The molecule has 4 aliphatic rings. The molecule has 0 aromatic heterocycles. The Labute approximate surface area is 422 Å². The van der Waals surface area contributed by atoms with Crippen LogP contribution in [0.2, 0.25) is 36.3 Å². The van der Waals surface area contributed by atoms with Gasteiger partial charge in [0.25, 0.3) is 0 Å². The SMILES string of the molecule is CC(C)(O)CCCC(CCCC(C)(C)O)[C@H]1CCC2[C@@H](O[Si](C)(C)C(C)(C)C)CCC[C@@]21C.CCOC(=O)CCCC(CCCC(=O)OCC)[C@H]1CCC2[C@@H](O[Si](C)(C)C(C)(C)C)CCC[C@@]21C. The van der Waals surface area contributed by atoms with Crippen LogP contribution in [-0.2, 0) is 27.9 Å². The van der Waals surface area contributed by atoms with Crippen LogP contribution in [0.4, 0.5) is 0 Å². The van der Waals surface area contributed by atoms with E-state index in [-0.39, 0.29) is 27.4 Å². The highest BCUT2D eigenvalue weighted by Crippen LogP contribution is 2.62. The highest BCUT2D eigenvalue weighted by molar-refractivity contribution is 6.74. The predicted molar refractivity (Wildman–Crippen MR) is 289 cm³/mol. The first-order valence-electron chi connectivity index (χ1n) is 28.3. The van der Waals surface area contributed by atoms with E-state index in [1.165, 1.54) is 77.0 Å². The van der Waals surface area contributed by atoms with Crippen molar-refractivity contribution in [3.05, 3.63) is 0 Å². The smallest absolute Gasteiger partial charge is 0.305 e. The Balaban J connectivity index is 0.000000361. The highest BCUT2D eigenvalue weighted by atomic mass is 28.4. The first-order chi connectivity index (χ1) is 31.2. The van der Waals surface area contributed by atoms with Crippen molar-refractivity contribution in [3.63, 3.8) is 0 Å². The summed E-state index contributed by atoms with van der Waals surface area (Å²) >= 11 is 0. The zero-order valence-electron chi connectivity index (χ0n) is 47.9. The standard InChI is InChI=1S/C29H54O5Si.C29H58O3Si/c1-9-32-26(30)17-11-14-22(15-12-18-27(31)33-10-2)23-19-20-24-25(16-13-21-29(23,24)6)34-35(7,8)28(3,4)5;1-26(2,3)33(9,10)32-25-16-13-21-29(8)23(17-18-24(25)29)22(14-11-19-27(4,5)30)15-12-20-28(6,7)31/h22-25H,9-21H2,1-8H3;22-25,30-31H,11-21H2,1-10H3/t2*23-,24?,25+,29-/m11/s1. The van der Waals surface area contributed by atoms with E-state index in [0.717, 1.165) is 57.3 Å². The van der Waals surface area contributed by atoms with Crippen LogP contribution in [0.1, 0.15) is 238 Å². The molecule has 4 fully saturated rings. The third kappa shape index (κ3) is 17.7. The molecule has 0 spiro atoms. The summed E-state index contributed by atoms with van der Waals surface area (Å²) in [4.78, 5) is 23.9. The minimum Gasteiger partial charge on any atom is -0.466 e. The van der Waals surface area contributed by atoms with Crippen molar-refractivity contribution in [2.75, 3.05) is 13.2 Å². The quantitative estimate of drug-likeness (QED) is 0.0727. The second kappa shape index (κ2) is 25.4. The number of carbonyl (C=O) groups is 2. The molecule has 4 aliphatic carbocycles. The Morgan fingerprint density at radius 3 is 1.16 bits per heavy atom. The van der Waals surface area contributed by atoms with E-state index in [1.54, 1.807) is 0 Å². The van der Waals surface area contributed by atoms with Crippen molar-refractivity contribution in [2.45, 2.75) is 298 Å². The van der Waals surface area contributed by atoms with Gasteiger partial charge in [0.2, 0.25) is 0 Å². The molecule has 0 bridgehead atoms. The highest BCUT2D eigenvalue weighted by Gasteiger charge is 2.56. The summed E-state index contributed by atoms with van der Waals surface area (Å²) in [5.41, 5.74) is -0.497. The Morgan fingerprint density at radius 1 is 0.544 bits per heavy atom. The minimum atomic E-state index is -1.82. The number of ether oxygens (including phenoxy) is 2. The molecule has 10 heteroatoms. The zero-order valence-corrected chi connectivity index (χ0v) is 49.9. The fourth-order valence-corrected chi connectivity index (χ4v) is 16.2. The number of fused-ring (bicyclic) bond motifs is 2. The first kappa shape index (κ1) is 61.5. The summed E-state index contributed by atoms with van der Waals surface area (Å²) in [7, 11) is -3.59. The van der Waals surface area contributed by atoms with E-state index >= 15 is 0 Å². The van der Waals surface area contributed by atoms with Crippen molar-refractivity contribution in [1.29, 1.82) is 0 Å². The van der Waals surface area contributed by atoms with E-state index in [0.29, 0.717) is 73.3 Å². The maximum absolute atomic E-state index is 12.0. The van der Waals surface area contributed by atoms with Crippen molar-refractivity contribution in [3.8, 4) is 0 Å². The van der Waals surface area contributed by atoms with Crippen LogP contribution >= 0.6 is 0 Å². The summed E-state index contributed by atoms with van der Waals surface area (Å²) in [6.45, 7) is 41.2. The summed E-state index contributed by atoms with van der Waals surface area (Å²) in [6, 6.07) is 0. The Bertz CT molecular complexity index is 1470. The second-order valence-electron chi connectivity index (χ2n) is 27.5. The van der Waals surface area contributed by atoms with E-state index < -0.39 is 27.8 Å². The van der Waals surface area contributed by atoms with Gasteiger partial charge in [0, 0.05) is 25.0 Å². The van der Waals surface area contributed by atoms with Gasteiger partial charge in [0.05, 0.1) is 24.4 Å². The number of aliphatic hydroxyl groups is 2. The van der Waals surface area contributed by atoms with Crippen LogP contribution in [-0.4, -0.2) is 75.4 Å². The number of hydrogen-bond acceptors (Lipinski definition) is 8.